The van der Waals surface area contributed by atoms with Gasteiger partial charge in [-0.2, -0.15) is 0 Å². The van der Waals surface area contributed by atoms with E-state index in [9.17, 15) is 0 Å². The van der Waals surface area contributed by atoms with Gasteiger partial charge in [0.05, 0.1) is 6.61 Å². The van der Waals surface area contributed by atoms with Gasteiger partial charge in [0.1, 0.15) is 0 Å². The highest BCUT2D eigenvalue weighted by atomic mass is 16.7. The summed E-state index contributed by atoms with van der Waals surface area (Å²) in [5.41, 5.74) is 0. The molecule has 12 heavy (non-hydrogen) atoms. The molecule has 1 N–H and O–H groups in total. The van der Waals surface area contributed by atoms with Gasteiger partial charge in [-0.15, -0.1) is 6.58 Å². The van der Waals surface area contributed by atoms with Crippen LogP contribution in [0.25, 0.3) is 0 Å². The molecule has 0 radical (unpaired) electrons. The molecule has 0 aliphatic rings. The summed E-state index contributed by atoms with van der Waals surface area (Å²) < 4.78 is 10.1. The van der Waals surface area contributed by atoms with Crippen LogP contribution in [0.2, 0.25) is 0 Å². The molecule has 0 aromatic rings. The van der Waals surface area contributed by atoms with Crippen molar-refractivity contribution in [2.24, 2.45) is 0 Å². The van der Waals surface area contributed by atoms with Crippen molar-refractivity contribution in [2.45, 2.75) is 27.1 Å². The Kier molecular flexibility index (Phi) is 15.6. The fourth-order valence-electron chi connectivity index (χ4n) is 0.518. The second-order valence-electron chi connectivity index (χ2n) is 1.95. The normalized spacial score (nSPS) is 9.08. The fraction of sp³-hybridized carbons (Fsp3) is 0.778. The first kappa shape index (κ1) is 14.2. The summed E-state index contributed by atoms with van der Waals surface area (Å²) in [5.74, 6) is 0. The second kappa shape index (κ2) is 13.2. The lowest BCUT2D eigenvalue weighted by molar-refractivity contribution is -0.123. The average Bonchev–Trinajstić information content (AvgIpc) is 2.06. The van der Waals surface area contributed by atoms with E-state index in [1.54, 1.807) is 0 Å². The minimum Gasteiger partial charge on any atom is -0.392 e. The standard InChI is InChI=1S/C6H14O2.C3H6O/c1-4-7-6(3)8-5-2;1-2-3-4/h6H,4-5H2,1-3H3;2,4H,1,3H2. The van der Waals surface area contributed by atoms with E-state index in [4.69, 9.17) is 14.6 Å². The summed E-state index contributed by atoms with van der Waals surface area (Å²) in [4.78, 5) is 0. The van der Waals surface area contributed by atoms with Gasteiger partial charge in [0, 0.05) is 13.2 Å². The van der Waals surface area contributed by atoms with E-state index in [-0.39, 0.29) is 12.9 Å². The Morgan fingerprint density at radius 2 is 1.67 bits per heavy atom. The molecule has 0 saturated heterocycles. The van der Waals surface area contributed by atoms with Gasteiger partial charge in [-0.1, -0.05) is 6.08 Å². The summed E-state index contributed by atoms with van der Waals surface area (Å²) in [7, 11) is 0. The Morgan fingerprint density at radius 3 is 1.83 bits per heavy atom. The van der Waals surface area contributed by atoms with Gasteiger partial charge in [-0.3, -0.25) is 0 Å². The SMILES string of the molecule is C=CCO.CCOC(C)OCC. The van der Waals surface area contributed by atoms with Gasteiger partial charge >= 0.3 is 0 Å². The van der Waals surface area contributed by atoms with Crippen molar-refractivity contribution >= 4 is 0 Å². The van der Waals surface area contributed by atoms with Gasteiger partial charge < -0.3 is 14.6 Å². The quantitative estimate of drug-likeness (QED) is 0.510. The van der Waals surface area contributed by atoms with E-state index in [1.165, 1.54) is 6.08 Å². The smallest absolute Gasteiger partial charge is 0.154 e. The summed E-state index contributed by atoms with van der Waals surface area (Å²) in [6.45, 7) is 10.6. The number of hydrogen-bond acceptors (Lipinski definition) is 3. The zero-order chi connectivity index (χ0) is 9.82. The number of aliphatic hydroxyl groups is 1. The summed E-state index contributed by atoms with van der Waals surface area (Å²) in [6.07, 6.45) is 1.39. The molecule has 0 unspecified atom stereocenters. The minimum atomic E-state index is -0.0370. The fourth-order valence-corrected chi connectivity index (χ4v) is 0.518. The lowest BCUT2D eigenvalue weighted by Gasteiger charge is -2.09. The molecular formula is C9H20O3. The Labute approximate surface area is 75.0 Å². The molecule has 0 aromatic heterocycles. The van der Waals surface area contributed by atoms with Crippen LogP contribution in [0.4, 0.5) is 0 Å². The molecule has 0 fully saturated rings. The van der Waals surface area contributed by atoms with Gasteiger partial charge in [0.2, 0.25) is 0 Å². The molecule has 0 amide bonds. The maximum Gasteiger partial charge on any atom is 0.154 e. The highest BCUT2D eigenvalue weighted by Crippen LogP contribution is 1.90. The second-order valence-corrected chi connectivity index (χ2v) is 1.95. The van der Waals surface area contributed by atoms with E-state index >= 15 is 0 Å². The van der Waals surface area contributed by atoms with Crippen LogP contribution in [0.5, 0.6) is 0 Å². The molecule has 0 bridgehead atoms. The first-order valence-electron chi connectivity index (χ1n) is 4.17. The lowest BCUT2D eigenvalue weighted by atomic mass is 10.7. The minimum absolute atomic E-state index is 0.0370. The highest BCUT2D eigenvalue weighted by Gasteiger charge is 1.94. The van der Waals surface area contributed by atoms with E-state index < -0.39 is 0 Å². The lowest BCUT2D eigenvalue weighted by Crippen LogP contribution is -2.11. The predicted molar refractivity (Wildman–Crippen MR) is 50.0 cm³/mol. The summed E-state index contributed by atoms with van der Waals surface area (Å²) >= 11 is 0. The number of ether oxygens (including phenoxy) is 2. The van der Waals surface area contributed by atoms with Crippen LogP contribution in [0, 0.1) is 0 Å². The molecule has 0 aliphatic carbocycles. The summed E-state index contributed by atoms with van der Waals surface area (Å²) in [6, 6.07) is 0. The maximum atomic E-state index is 7.76. The van der Waals surface area contributed by atoms with Crippen LogP contribution in [-0.4, -0.2) is 31.2 Å². The van der Waals surface area contributed by atoms with E-state index in [1.807, 2.05) is 20.8 Å². The third kappa shape index (κ3) is 16.3. The molecule has 0 aromatic carbocycles. The molecule has 74 valence electrons. The van der Waals surface area contributed by atoms with Crippen LogP contribution in [0.15, 0.2) is 12.7 Å². The highest BCUT2D eigenvalue weighted by molar-refractivity contribution is 4.60. The van der Waals surface area contributed by atoms with Crippen molar-refractivity contribution in [2.75, 3.05) is 19.8 Å². The molecule has 0 heterocycles. The molecule has 0 rings (SSSR count). The third-order valence-electron chi connectivity index (χ3n) is 0.932. The largest absolute Gasteiger partial charge is 0.392 e. The Bertz CT molecular complexity index is 77.8. The zero-order valence-electron chi connectivity index (χ0n) is 8.25. The first-order chi connectivity index (χ1) is 5.72. The Hall–Kier alpha value is -0.380. The molecule has 0 saturated carbocycles. The molecule has 0 atom stereocenters. The monoisotopic (exact) mass is 176 g/mol. The van der Waals surface area contributed by atoms with Crippen LogP contribution in [0.3, 0.4) is 0 Å². The summed E-state index contributed by atoms with van der Waals surface area (Å²) in [5, 5.41) is 7.76. The Balaban J connectivity index is 0. The van der Waals surface area contributed by atoms with Crippen molar-refractivity contribution < 1.29 is 14.6 Å². The number of hydrogen-bond donors (Lipinski definition) is 1. The van der Waals surface area contributed by atoms with Crippen molar-refractivity contribution in [1.82, 2.24) is 0 Å². The van der Waals surface area contributed by atoms with Gasteiger partial charge in [0.15, 0.2) is 6.29 Å². The average molecular weight is 176 g/mol. The molecule has 0 aliphatic heterocycles. The van der Waals surface area contributed by atoms with E-state index in [0.717, 1.165) is 13.2 Å². The predicted octanol–water partition coefficient (Wildman–Crippen LogP) is 1.57. The molecule has 0 spiro atoms. The van der Waals surface area contributed by atoms with Crippen molar-refractivity contribution in [1.29, 1.82) is 0 Å². The van der Waals surface area contributed by atoms with Crippen LogP contribution in [0.1, 0.15) is 20.8 Å². The molecule has 3 heteroatoms. The third-order valence-corrected chi connectivity index (χ3v) is 0.932. The topological polar surface area (TPSA) is 38.7 Å². The first-order valence-corrected chi connectivity index (χ1v) is 4.17. The zero-order valence-corrected chi connectivity index (χ0v) is 8.25. The van der Waals surface area contributed by atoms with Gasteiger partial charge in [-0.25, -0.2) is 0 Å². The van der Waals surface area contributed by atoms with Crippen molar-refractivity contribution in [3.8, 4) is 0 Å². The van der Waals surface area contributed by atoms with E-state index in [0.29, 0.717) is 0 Å². The van der Waals surface area contributed by atoms with E-state index in [2.05, 4.69) is 6.58 Å². The van der Waals surface area contributed by atoms with Crippen molar-refractivity contribution in [3.05, 3.63) is 12.7 Å². The van der Waals surface area contributed by atoms with Crippen molar-refractivity contribution in [3.63, 3.8) is 0 Å². The molecular weight excluding hydrogens is 156 g/mol. The van der Waals surface area contributed by atoms with Crippen LogP contribution < -0.4 is 0 Å². The Morgan fingerprint density at radius 1 is 1.33 bits per heavy atom. The number of rotatable bonds is 5. The number of aliphatic hydroxyl groups excluding tert-OH is 1. The maximum absolute atomic E-state index is 7.76. The molecule has 3 nitrogen and oxygen atoms in total. The van der Waals surface area contributed by atoms with Gasteiger partial charge in [-0.05, 0) is 20.8 Å². The van der Waals surface area contributed by atoms with Crippen LogP contribution >= 0.6 is 0 Å². The van der Waals surface area contributed by atoms with Gasteiger partial charge in [0.25, 0.3) is 0 Å². The van der Waals surface area contributed by atoms with Crippen LogP contribution in [-0.2, 0) is 9.47 Å².